The molecule has 9 heteroatoms. The van der Waals surface area contributed by atoms with Crippen molar-refractivity contribution >= 4 is 33.0 Å². The van der Waals surface area contributed by atoms with E-state index in [0.29, 0.717) is 18.7 Å². The van der Waals surface area contributed by atoms with E-state index >= 15 is 0 Å². The van der Waals surface area contributed by atoms with Crippen molar-refractivity contribution in [2.45, 2.75) is 12.8 Å². The second-order valence-electron chi connectivity index (χ2n) is 3.96. The molecule has 0 aliphatic heterocycles. The summed E-state index contributed by atoms with van der Waals surface area (Å²) in [7, 11) is -2.22. The van der Waals surface area contributed by atoms with Crippen molar-refractivity contribution in [1.29, 1.82) is 0 Å². The maximum atomic E-state index is 11.8. The first-order valence-corrected chi connectivity index (χ1v) is 7.97. The molecule has 0 atom stereocenters. The lowest BCUT2D eigenvalue weighted by Gasteiger charge is -2.11. The van der Waals surface area contributed by atoms with Gasteiger partial charge >= 0.3 is 0 Å². The summed E-state index contributed by atoms with van der Waals surface area (Å²) >= 11 is 5.49. The van der Waals surface area contributed by atoms with Crippen molar-refractivity contribution in [1.82, 2.24) is 0 Å². The number of anilines is 1. The topological polar surface area (TPSA) is 98.5 Å². The highest BCUT2D eigenvalue weighted by atomic mass is 35.5. The summed E-state index contributed by atoms with van der Waals surface area (Å²) in [6.07, 6.45) is 1.04. The maximum Gasteiger partial charge on any atom is 0.273 e. The third kappa shape index (κ3) is 4.86. The summed E-state index contributed by atoms with van der Waals surface area (Å²) < 4.78 is 30.9. The van der Waals surface area contributed by atoms with E-state index in [1.165, 1.54) is 19.2 Å². The Morgan fingerprint density at radius 3 is 2.65 bits per heavy atom. The molecule has 0 radical (unpaired) electrons. The largest absolute Gasteiger partial charge is 0.494 e. The predicted octanol–water partition coefficient (Wildman–Crippen LogP) is 2.36. The summed E-state index contributed by atoms with van der Waals surface area (Å²) in [5.41, 5.74) is -0.00379. The first-order chi connectivity index (χ1) is 9.39. The zero-order valence-corrected chi connectivity index (χ0v) is 12.4. The van der Waals surface area contributed by atoms with Gasteiger partial charge in [0.2, 0.25) is 10.0 Å². The van der Waals surface area contributed by atoms with Crippen molar-refractivity contribution in [2.24, 2.45) is 0 Å². The summed E-state index contributed by atoms with van der Waals surface area (Å²) in [5.74, 6) is 0.427. The Morgan fingerprint density at radius 1 is 1.40 bits per heavy atom. The monoisotopic (exact) mass is 322 g/mol. The quantitative estimate of drug-likeness (QED) is 0.343. The number of rotatable bonds is 8. The summed E-state index contributed by atoms with van der Waals surface area (Å²) in [4.78, 5) is 10.1. The van der Waals surface area contributed by atoms with Crippen LogP contribution in [0.15, 0.2) is 18.2 Å². The minimum absolute atomic E-state index is 0.0696. The fourth-order valence-electron chi connectivity index (χ4n) is 1.48. The fraction of sp³-hybridized carbons (Fsp3) is 0.455. The van der Waals surface area contributed by atoms with Gasteiger partial charge in [0, 0.05) is 11.9 Å². The number of hydrogen-bond acceptors (Lipinski definition) is 5. The van der Waals surface area contributed by atoms with Crippen LogP contribution < -0.4 is 9.46 Å². The normalized spacial score (nSPS) is 11.1. The van der Waals surface area contributed by atoms with Crippen LogP contribution in [-0.4, -0.2) is 32.1 Å². The zero-order chi connectivity index (χ0) is 15.2. The number of hydrogen-bond donors (Lipinski definition) is 1. The van der Waals surface area contributed by atoms with Gasteiger partial charge in [0.25, 0.3) is 5.69 Å². The Hall–Kier alpha value is -1.54. The number of sulfonamides is 1. The number of nitrogens with zero attached hydrogens (tertiary/aromatic N) is 1. The molecule has 0 aliphatic carbocycles. The van der Waals surface area contributed by atoms with E-state index in [4.69, 9.17) is 16.3 Å². The van der Waals surface area contributed by atoms with E-state index in [2.05, 4.69) is 4.72 Å². The number of nitro groups is 1. The van der Waals surface area contributed by atoms with Gasteiger partial charge in [-0.1, -0.05) is 0 Å². The molecule has 1 aromatic carbocycles. The average molecular weight is 323 g/mol. The highest BCUT2D eigenvalue weighted by Gasteiger charge is 2.16. The third-order valence-electron chi connectivity index (χ3n) is 2.46. The number of benzene rings is 1. The van der Waals surface area contributed by atoms with Crippen LogP contribution in [0.2, 0.25) is 0 Å². The highest BCUT2D eigenvalue weighted by molar-refractivity contribution is 7.92. The van der Waals surface area contributed by atoms with Gasteiger partial charge < -0.3 is 4.74 Å². The van der Waals surface area contributed by atoms with Crippen molar-refractivity contribution < 1.29 is 18.1 Å². The number of methoxy groups -OCH3 is 1. The number of non-ortho nitro benzene ring substituents is 1. The smallest absolute Gasteiger partial charge is 0.273 e. The maximum absolute atomic E-state index is 11.8. The van der Waals surface area contributed by atoms with Gasteiger partial charge in [-0.3, -0.25) is 14.8 Å². The summed E-state index contributed by atoms with van der Waals surface area (Å²) in [5, 5.41) is 10.6. The zero-order valence-electron chi connectivity index (χ0n) is 10.8. The molecule has 0 saturated carbocycles. The predicted molar refractivity (Wildman–Crippen MR) is 77.0 cm³/mol. The van der Waals surface area contributed by atoms with E-state index in [9.17, 15) is 18.5 Å². The van der Waals surface area contributed by atoms with Crippen molar-refractivity contribution in [2.75, 3.05) is 23.5 Å². The number of nitrogens with one attached hydrogen (secondary N) is 1. The SMILES string of the molecule is COc1cc([N+](=O)[O-])ccc1NS(=O)(=O)CCCCCl. The first kappa shape index (κ1) is 16.5. The minimum atomic E-state index is -3.53. The second kappa shape index (κ2) is 7.30. The molecule has 20 heavy (non-hydrogen) atoms. The Balaban J connectivity index is 2.89. The van der Waals surface area contributed by atoms with Crippen LogP contribution >= 0.6 is 11.6 Å². The molecule has 0 unspecified atom stereocenters. The van der Waals surface area contributed by atoms with Crippen LogP contribution in [0, 0.1) is 10.1 Å². The Bertz CT molecular complexity index is 576. The molecule has 0 saturated heterocycles. The van der Waals surface area contributed by atoms with E-state index in [1.54, 1.807) is 0 Å². The van der Waals surface area contributed by atoms with Crippen LogP contribution in [0.4, 0.5) is 11.4 Å². The molecule has 1 N–H and O–H groups in total. The lowest BCUT2D eigenvalue weighted by Crippen LogP contribution is -2.17. The van der Waals surface area contributed by atoms with Crippen LogP contribution in [0.1, 0.15) is 12.8 Å². The molecule has 1 rings (SSSR count). The number of nitro benzene ring substituents is 1. The van der Waals surface area contributed by atoms with Gasteiger partial charge in [-0.2, -0.15) is 0 Å². The molecule has 0 bridgehead atoms. The van der Waals surface area contributed by atoms with E-state index in [1.807, 2.05) is 0 Å². The highest BCUT2D eigenvalue weighted by Crippen LogP contribution is 2.29. The van der Waals surface area contributed by atoms with E-state index < -0.39 is 14.9 Å². The molecule has 0 fully saturated rings. The first-order valence-electron chi connectivity index (χ1n) is 5.78. The van der Waals surface area contributed by atoms with E-state index in [-0.39, 0.29) is 22.9 Å². The number of ether oxygens (including phenoxy) is 1. The van der Waals surface area contributed by atoms with Gasteiger partial charge in [0.15, 0.2) is 0 Å². The molecule has 1 aromatic rings. The Labute approximate surface area is 122 Å². The van der Waals surface area contributed by atoms with Crippen LogP contribution in [0.5, 0.6) is 5.75 Å². The molecule has 7 nitrogen and oxygen atoms in total. The van der Waals surface area contributed by atoms with Crippen molar-refractivity contribution in [3.05, 3.63) is 28.3 Å². The van der Waals surface area contributed by atoms with Crippen LogP contribution in [0.3, 0.4) is 0 Å². The average Bonchev–Trinajstić information content (AvgIpc) is 2.38. The molecule has 112 valence electrons. The number of alkyl halides is 1. The van der Waals surface area contributed by atoms with Crippen LogP contribution in [-0.2, 0) is 10.0 Å². The molecule has 0 heterocycles. The molecule has 0 aromatic heterocycles. The van der Waals surface area contributed by atoms with Gasteiger partial charge in [0.1, 0.15) is 5.75 Å². The standard InChI is InChI=1S/C11H15ClN2O5S/c1-19-11-8-9(14(15)16)4-5-10(11)13-20(17,18)7-3-2-6-12/h4-5,8,13H,2-3,6-7H2,1H3. The van der Waals surface area contributed by atoms with E-state index in [0.717, 1.165) is 6.07 Å². The summed E-state index contributed by atoms with van der Waals surface area (Å²) in [6, 6.07) is 3.67. The fourth-order valence-corrected chi connectivity index (χ4v) is 2.86. The molecular formula is C11H15ClN2O5S. The van der Waals surface area contributed by atoms with Gasteiger partial charge in [-0.05, 0) is 18.9 Å². The third-order valence-corrected chi connectivity index (χ3v) is 4.08. The molecule has 0 spiro atoms. The summed E-state index contributed by atoms with van der Waals surface area (Å²) in [6.45, 7) is 0. The Kier molecular flexibility index (Phi) is 6.03. The van der Waals surface area contributed by atoms with Crippen molar-refractivity contribution in [3.63, 3.8) is 0 Å². The van der Waals surface area contributed by atoms with Crippen molar-refractivity contribution in [3.8, 4) is 5.75 Å². The van der Waals surface area contributed by atoms with Gasteiger partial charge in [-0.15, -0.1) is 11.6 Å². The lowest BCUT2D eigenvalue weighted by molar-refractivity contribution is -0.384. The second-order valence-corrected chi connectivity index (χ2v) is 6.18. The minimum Gasteiger partial charge on any atom is -0.494 e. The number of halogens is 1. The molecular weight excluding hydrogens is 308 g/mol. The number of unbranched alkanes of at least 4 members (excludes halogenated alkanes) is 1. The van der Waals surface area contributed by atoms with Crippen LogP contribution in [0.25, 0.3) is 0 Å². The lowest BCUT2D eigenvalue weighted by atomic mass is 10.2. The molecule has 0 aliphatic rings. The van der Waals surface area contributed by atoms with Gasteiger partial charge in [0.05, 0.1) is 29.5 Å². The molecule has 0 amide bonds. The Morgan fingerprint density at radius 2 is 2.10 bits per heavy atom. The van der Waals surface area contributed by atoms with Gasteiger partial charge in [-0.25, -0.2) is 8.42 Å².